The fourth-order valence-electron chi connectivity index (χ4n) is 6.41. The van der Waals surface area contributed by atoms with Gasteiger partial charge in [-0.25, -0.2) is 4.79 Å². The smallest absolute Gasteiger partial charge is 0.339 e. The van der Waals surface area contributed by atoms with E-state index in [9.17, 15) is 14.4 Å². The molecule has 1 saturated heterocycles. The summed E-state index contributed by atoms with van der Waals surface area (Å²) in [6.07, 6.45) is 1.37. The lowest BCUT2D eigenvalue weighted by Crippen LogP contribution is -2.41. The second kappa shape index (κ2) is 8.78. The first-order valence-corrected chi connectivity index (χ1v) is 12.9. The summed E-state index contributed by atoms with van der Waals surface area (Å²) in [5.74, 6) is -1.70. The van der Waals surface area contributed by atoms with Crippen molar-refractivity contribution in [3.8, 4) is 11.3 Å². The Morgan fingerprint density at radius 2 is 1.44 bits per heavy atom. The zero-order valence-electron chi connectivity index (χ0n) is 20.7. The molecule has 39 heavy (non-hydrogen) atoms. The molecule has 0 radical (unpaired) electrons. The molecule has 0 saturated carbocycles. The van der Waals surface area contributed by atoms with Crippen LogP contribution in [0.4, 0.5) is 0 Å². The van der Waals surface area contributed by atoms with Crippen LogP contribution in [0.3, 0.4) is 0 Å². The van der Waals surface area contributed by atoms with E-state index >= 15 is 0 Å². The molecule has 2 amide bonds. The number of carbonyl (C=O) groups excluding carboxylic acids is 3. The average molecular weight is 537 g/mol. The minimum atomic E-state index is -0.555. The number of methoxy groups -OCH3 is 1. The molecule has 8 rings (SSSR count). The predicted molar refractivity (Wildman–Crippen MR) is 143 cm³/mol. The van der Waals surface area contributed by atoms with Gasteiger partial charge >= 0.3 is 5.97 Å². The maximum Gasteiger partial charge on any atom is 0.339 e. The van der Waals surface area contributed by atoms with Crippen molar-refractivity contribution in [2.75, 3.05) is 7.11 Å². The molecule has 0 unspecified atom stereocenters. The van der Waals surface area contributed by atoms with E-state index in [4.69, 9.17) is 20.8 Å². The standard InChI is InChI=1S/C31H21ClN2O5/c1-38-31(37)22-14-16(10-12-23(22)32)24-13-11-17(39-24)15-33-34-29(35)27-25-18-6-2-3-7-19(18)26(28(27)30(34)36)21-9-5-4-8-20(21)25/h2-15,25-28H,1H3/b33-15-/t25?,26?,27-,28-/m1/s1. The lowest BCUT2D eigenvalue weighted by atomic mass is 9.55. The van der Waals surface area contributed by atoms with Crippen LogP contribution in [-0.2, 0) is 14.3 Å². The van der Waals surface area contributed by atoms with Gasteiger partial charge in [0.2, 0.25) is 0 Å². The third-order valence-electron chi connectivity index (χ3n) is 8.01. The minimum Gasteiger partial charge on any atom is -0.465 e. The third-order valence-corrected chi connectivity index (χ3v) is 8.34. The van der Waals surface area contributed by atoms with Gasteiger partial charge in [-0.3, -0.25) is 9.59 Å². The summed E-state index contributed by atoms with van der Waals surface area (Å²) in [4.78, 5) is 39.4. The molecule has 3 aliphatic carbocycles. The molecule has 2 bridgehead atoms. The zero-order chi connectivity index (χ0) is 26.8. The van der Waals surface area contributed by atoms with Crippen molar-refractivity contribution in [2.45, 2.75) is 11.8 Å². The van der Waals surface area contributed by atoms with Crippen LogP contribution in [0.2, 0.25) is 5.02 Å². The van der Waals surface area contributed by atoms with Gasteiger partial charge in [0.1, 0.15) is 11.5 Å². The first-order chi connectivity index (χ1) is 19.0. The number of amides is 2. The molecule has 2 heterocycles. The summed E-state index contributed by atoms with van der Waals surface area (Å²) >= 11 is 6.13. The lowest BCUT2D eigenvalue weighted by Gasteiger charge is -2.45. The molecule has 8 heteroatoms. The second-order valence-electron chi connectivity index (χ2n) is 9.89. The lowest BCUT2D eigenvalue weighted by molar-refractivity contribution is -0.139. The Kier molecular flexibility index (Phi) is 5.32. The van der Waals surface area contributed by atoms with E-state index in [1.54, 1.807) is 30.3 Å². The van der Waals surface area contributed by atoms with Crippen LogP contribution in [0, 0.1) is 11.8 Å². The normalized spacial score (nSPS) is 22.7. The van der Waals surface area contributed by atoms with E-state index < -0.39 is 17.8 Å². The predicted octanol–water partition coefficient (Wildman–Crippen LogP) is 5.61. The molecule has 4 aliphatic rings. The molecule has 7 nitrogen and oxygen atoms in total. The Morgan fingerprint density at radius 3 is 1.97 bits per heavy atom. The molecule has 1 aromatic heterocycles. The van der Waals surface area contributed by atoms with Crippen LogP contribution in [-0.4, -0.2) is 36.1 Å². The van der Waals surface area contributed by atoms with Gasteiger partial charge in [-0.2, -0.15) is 10.1 Å². The summed E-state index contributed by atoms with van der Waals surface area (Å²) in [6.45, 7) is 0. The van der Waals surface area contributed by atoms with Crippen LogP contribution in [0.15, 0.2) is 88.4 Å². The Balaban J connectivity index is 1.20. The number of furan rings is 1. The van der Waals surface area contributed by atoms with Gasteiger partial charge in [0.15, 0.2) is 0 Å². The quantitative estimate of drug-likeness (QED) is 0.192. The number of imide groups is 1. The molecule has 192 valence electrons. The van der Waals surface area contributed by atoms with Gasteiger partial charge in [0.25, 0.3) is 11.8 Å². The van der Waals surface area contributed by atoms with Gasteiger partial charge < -0.3 is 9.15 Å². The number of hydrogen-bond acceptors (Lipinski definition) is 6. The minimum absolute atomic E-state index is 0.187. The summed E-state index contributed by atoms with van der Waals surface area (Å²) in [7, 11) is 1.28. The highest BCUT2D eigenvalue weighted by Gasteiger charge is 2.61. The highest BCUT2D eigenvalue weighted by Crippen LogP contribution is 2.60. The third kappa shape index (κ3) is 3.43. The fraction of sp³-hybridized carbons (Fsp3) is 0.161. The fourth-order valence-corrected chi connectivity index (χ4v) is 6.61. The molecule has 4 aromatic rings. The van der Waals surface area contributed by atoms with Gasteiger partial charge in [-0.05, 0) is 52.6 Å². The molecule has 0 spiro atoms. The van der Waals surface area contributed by atoms with E-state index in [0.29, 0.717) is 17.1 Å². The van der Waals surface area contributed by atoms with Gasteiger partial charge in [0, 0.05) is 17.4 Å². The SMILES string of the molecule is COC(=O)c1cc(-c2ccc(/C=N\N3C(=O)[C@@H]4C5c6ccccc6C(c6ccccc65)[C@H]4C3=O)o2)ccc1Cl. The van der Waals surface area contributed by atoms with E-state index in [1.165, 1.54) is 13.3 Å². The van der Waals surface area contributed by atoms with Crippen LogP contribution < -0.4 is 0 Å². The maximum atomic E-state index is 13.7. The Bertz CT molecular complexity index is 1610. The van der Waals surface area contributed by atoms with Crippen molar-refractivity contribution in [3.05, 3.63) is 117 Å². The number of carbonyl (C=O) groups is 3. The zero-order valence-corrected chi connectivity index (χ0v) is 21.5. The number of nitrogens with zero attached hydrogens (tertiary/aromatic N) is 2. The Labute approximate surface area is 228 Å². The van der Waals surface area contributed by atoms with Crippen molar-refractivity contribution < 1.29 is 23.5 Å². The number of ether oxygens (including phenoxy) is 1. The van der Waals surface area contributed by atoms with Gasteiger partial charge in [-0.1, -0.05) is 60.1 Å². The largest absolute Gasteiger partial charge is 0.465 e. The number of esters is 1. The van der Waals surface area contributed by atoms with Crippen LogP contribution in [0.1, 0.15) is 50.2 Å². The van der Waals surface area contributed by atoms with E-state index in [1.807, 2.05) is 24.3 Å². The van der Waals surface area contributed by atoms with Crippen LogP contribution in [0.25, 0.3) is 11.3 Å². The summed E-state index contributed by atoms with van der Waals surface area (Å²) in [5, 5.41) is 5.58. The first-order valence-electron chi connectivity index (χ1n) is 12.6. The summed E-state index contributed by atoms with van der Waals surface area (Å²) in [5.41, 5.74) is 5.28. The molecular formula is C31H21ClN2O5. The van der Waals surface area contributed by atoms with Crippen molar-refractivity contribution in [1.29, 1.82) is 0 Å². The maximum absolute atomic E-state index is 13.7. The topological polar surface area (TPSA) is 89.2 Å². The van der Waals surface area contributed by atoms with Crippen molar-refractivity contribution in [3.63, 3.8) is 0 Å². The van der Waals surface area contributed by atoms with Crippen LogP contribution >= 0.6 is 11.6 Å². The number of rotatable bonds is 4. The highest BCUT2D eigenvalue weighted by molar-refractivity contribution is 6.33. The molecular weight excluding hydrogens is 516 g/mol. The molecule has 0 N–H and O–H groups in total. The molecule has 3 aromatic carbocycles. The summed E-state index contributed by atoms with van der Waals surface area (Å²) < 4.78 is 10.7. The van der Waals surface area contributed by atoms with Gasteiger partial charge in [0.05, 0.1) is 35.7 Å². The summed E-state index contributed by atoms with van der Waals surface area (Å²) in [6, 6.07) is 24.5. The van der Waals surface area contributed by atoms with Crippen LogP contribution in [0.5, 0.6) is 0 Å². The monoisotopic (exact) mass is 536 g/mol. The Hall–Kier alpha value is -4.49. The molecule has 1 fully saturated rings. The van der Waals surface area contributed by atoms with Gasteiger partial charge in [-0.15, -0.1) is 0 Å². The Morgan fingerprint density at radius 1 is 0.872 bits per heavy atom. The number of halogens is 1. The molecule has 2 atom stereocenters. The average Bonchev–Trinajstić information content (AvgIpc) is 3.54. The number of benzene rings is 3. The van der Waals surface area contributed by atoms with Crippen molar-refractivity contribution in [2.24, 2.45) is 16.9 Å². The van der Waals surface area contributed by atoms with E-state index in [0.717, 1.165) is 27.3 Å². The number of hydrazone groups is 1. The number of hydrogen-bond donors (Lipinski definition) is 0. The molecule has 1 aliphatic heterocycles. The van der Waals surface area contributed by atoms with Crippen molar-refractivity contribution in [1.82, 2.24) is 5.01 Å². The highest BCUT2D eigenvalue weighted by atomic mass is 35.5. The first kappa shape index (κ1) is 23.6. The van der Waals surface area contributed by atoms with Crippen molar-refractivity contribution >= 4 is 35.6 Å². The van der Waals surface area contributed by atoms with E-state index in [2.05, 4.69) is 29.4 Å². The van der Waals surface area contributed by atoms with E-state index in [-0.39, 0.29) is 34.2 Å². The second-order valence-corrected chi connectivity index (χ2v) is 10.3.